The van der Waals surface area contributed by atoms with E-state index in [9.17, 15) is 4.79 Å². The highest BCUT2D eigenvalue weighted by molar-refractivity contribution is 5.80. The summed E-state index contributed by atoms with van der Waals surface area (Å²) >= 11 is 0. The monoisotopic (exact) mass is 229 g/mol. The van der Waals surface area contributed by atoms with Crippen LogP contribution in [-0.2, 0) is 24.7 Å². The first-order chi connectivity index (χ1) is 8.25. The van der Waals surface area contributed by atoms with E-state index in [1.165, 1.54) is 0 Å². The van der Waals surface area contributed by atoms with Crippen molar-refractivity contribution in [1.29, 1.82) is 0 Å². The molecule has 0 spiro atoms. The van der Waals surface area contributed by atoms with Crippen LogP contribution >= 0.6 is 0 Å². The molecule has 0 saturated carbocycles. The summed E-state index contributed by atoms with van der Waals surface area (Å²) < 4.78 is 1.87. The van der Waals surface area contributed by atoms with Crippen molar-refractivity contribution in [3.8, 4) is 0 Å². The van der Waals surface area contributed by atoms with Gasteiger partial charge in [0.2, 0.25) is 0 Å². The maximum absolute atomic E-state index is 11.8. The maximum atomic E-state index is 11.8. The van der Waals surface area contributed by atoms with E-state index in [-0.39, 0.29) is 5.78 Å². The number of nitrogens with zero attached hydrogens (tertiary/aromatic N) is 3. The summed E-state index contributed by atoms with van der Waals surface area (Å²) in [4.78, 5) is 20.1. The minimum Gasteiger partial charge on any atom is -0.338 e. The summed E-state index contributed by atoms with van der Waals surface area (Å²) in [5.41, 5.74) is 0.959. The van der Waals surface area contributed by atoms with Gasteiger partial charge in [-0.1, -0.05) is 6.07 Å². The molecule has 0 amide bonds. The molecular weight excluding hydrogens is 214 g/mol. The second-order valence-corrected chi connectivity index (χ2v) is 3.99. The summed E-state index contributed by atoms with van der Waals surface area (Å²) in [6.07, 6.45) is 6.92. The molecule has 0 saturated heterocycles. The van der Waals surface area contributed by atoms with E-state index < -0.39 is 0 Å². The lowest BCUT2D eigenvalue weighted by Gasteiger charge is -2.01. The molecule has 0 N–H and O–H groups in total. The van der Waals surface area contributed by atoms with Crippen LogP contribution in [0, 0.1) is 0 Å². The summed E-state index contributed by atoms with van der Waals surface area (Å²) in [5, 5.41) is 0. The van der Waals surface area contributed by atoms with Gasteiger partial charge in [0.15, 0.2) is 0 Å². The molecule has 0 aromatic carbocycles. The maximum Gasteiger partial charge on any atom is 0.140 e. The molecule has 2 aromatic rings. The number of hydrogen-bond acceptors (Lipinski definition) is 3. The number of ketones is 1. The molecule has 2 aromatic heterocycles. The van der Waals surface area contributed by atoms with Crippen LogP contribution in [0.1, 0.15) is 17.9 Å². The molecule has 0 bridgehead atoms. The Morgan fingerprint density at radius 1 is 1.29 bits per heavy atom. The van der Waals surface area contributed by atoms with Gasteiger partial charge < -0.3 is 4.57 Å². The molecule has 88 valence electrons. The Hall–Kier alpha value is -1.97. The molecule has 17 heavy (non-hydrogen) atoms. The summed E-state index contributed by atoms with van der Waals surface area (Å²) in [5.74, 6) is 1.01. The van der Waals surface area contributed by atoms with Crippen molar-refractivity contribution >= 4 is 5.78 Å². The van der Waals surface area contributed by atoms with Crippen LogP contribution in [0.15, 0.2) is 36.8 Å². The molecule has 0 aliphatic heterocycles. The van der Waals surface area contributed by atoms with E-state index in [0.717, 1.165) is 11.5 Å². The van der Waals surface area contributed by atoms with E-state index in [1.54, 1.807) is 12.4 Å². The third-order valence-corrected chi connectivity index (χ3v) is 2.66. The van der Waals surface area contributed by atoms with Crippen molar-refractivity contribution in [3.05, 3.63) is 48.3 Å². The standard InChI is InChI=1S/C13H15N3O/c1-16-9-8-15-13(16)10-12(17)6-5-11-4-2-3-7-14-11/h2-4,7-9H,5-6,10H2,1H3. The number of carbonyl (C=O) groups excluding carboxylic acids is 1. The Balaban J connectivity index is 1.85. The summed E-state index contributed by atoms with van der Waals surface area (Å²) in [7, 11) is 1.90. The highest BCUT2D eigenvalue weighted by Gasteiger charge is 2.07. The van der Waals surface area contributed by atoms with Crippen molar-refractivity contribution in [2.45, 2.75) is 19.3 Å². The van der Waals surface area contributed by atoms with Crippen molar-refractivity contribution in [1.82, 2.24) is 14.5 Å². The normalized spacial score (nSPS) is 10.4. The zero-order chi connectivity index (χ0) is 12.1. The van der Waals surface area contributed by atoms with Crippen LogP contribution in [0.2, 0.25) is 0 Å². The number of pyridine rings is 1. The second kappa shape index (κ2) is 5.39. The predicted octanol–water partition coefficient (Wildman–Crippen LogP) is 1.56. The fraction of sp³-hybridized carbons (Fsp3) is 0.308. The van der Waals surface area contributed by atoms with Crippen LogP contribution in [0.5, 0.6) is 0 Å². The van der Waals surface area contributed by atoms with Crippen LogP contribution in [0.25, 0.3) is 0 Å². The van der Waals surface area contributed by atoms with Gasteiger partial charge in [-0.05, 0) is 18.6 Å². The molecule has 0 aliphatic rings. The van der Waals surface area contributed by atoms with Gasteiger partial charge in [-0.2, -0.15) is 0 Å². The average Bonchev–Trinajstić information content (AvgIpc) is 2.74. The van der Waals surface area contributed by atoms with Gasteiger partial charge in [-0.25, -0.2) is 4.98 Å². The number of imidazole rings is 1. The van der Waals surface area contributed by atoms with Crippen molar-refractivity contribution < 1.29 is 4.79 Å². The first-order valence-corrected chi connectivity index (χ1v) is 5.63. The van der Waals surface area contributed by atoms with E-state index in [0.29, 0.717) is 19.3 Å². The van der Waals surface area contributed by atoms with Gasteiger partial charge in [-0.3, -0.25) is 9.78 Å². The Morgan fingerprint density at radius 2 is 2.18 bits per heavy atom. The fourth-order valence-corrected chi connectivity index (χ4v) is 1.65. The van der Waals surface area contributed by atoms with E-state index >= 15 is 0 Å². The molecule has 2 rings (SSSR count). The van der Waals surface area contributed by atoms with Crippen LogP contribution in [-0.4, -0.2) is 20.3 Å². The molecule has 0 fully saturated rings. The predicted molar refractivity (Wildman–Crippen MR) is 64.5 cm³/mol. The minimum absolute atomic E-state index is 0.199. The smallest absolute Gasteiger partial charge is 0.140 e. The highest BCUT2D eigenvalue weighted by atomic mass is 16.1. The van der Waals surface area contributed by atoms with Gasteiger partial charge in [0.05, 0.1) is 6.42 Å². The first kappa shape index (κ1) is 11.5. The van der Waals surface area contributed by atoms with Crippen LogP contribution in [0.3, 0.4) is 0 Å². The van der Waals surface area contributed by atoms with Gasteiger partial charge in [0, 0.05) is 37.8 Å². The highest BCUT2D eigenvalue weighted by Crippen LogP contribution is 2.03. The van der Waals surface area contributed by atoms with E-state index in [4.69, 9.17) is 0 Å². The summed E-state index contributed by atoms with van der Waals surface area (Å²) in [6.45, 7) is 0. The zero-order valence-corrected chi connectivity index (χ0v) is 9.84. The Labute approximate surface area is 100 Å². The number of aryl methyl sites for hydroxylation is 2. The number of carbonyl (C=O) groups is 1. The van der Waals surface area contributed by atoms with E-state index in [1.807, 2.05) is 36.0 Å². The third kappa shape index (κ3) is 3.24. The molecule has 0 atom stereocenters. The largest absolute Gasteiger partial charge is 0.338 e. The Morgan fingerprint density at radius 3 is 2.82 bits per heavy atom. The van der Waals surface area contributed by atoms with Gasteiger partial charge in [0.25, 0.3) is 0 Å². The molecular formula is C13H15N3O. The minimum atomic E-state index is 0.199. The lowest BCUT2D eigenvalue weighted by atomic mass is 10.1. The number of rotatable bonds is 5. The lowest BCUT2D eigenvalue weighted by Crippen LogP contribution is -2.09. The number of aromatic nitrogens is 3. The molecule has 4 heteroatoms. The molecule has 0 unspecified atom stereocenters. The SMILES string of the molecule is Cn1ccnc1CC(=O)CCc1ccccn1. The van der Waals surface area contributed by atoms with Crippen molar-refractivity contribution in [3.63, 3.8) is 0 Å². The zero-order valence-electron chi connectivity index (χ0n) is 9.84. The third-order valence-electron chi connectivity index (χ3n) is 2.66. The van der Waals surface area contributed by atoms with E-state index in [2.05, 4.69) is 9.97 Å². The quantitative estimate of drug-likeness (QED) is 0.781. The van der Waals surface area contributed by atoms with Crippen LogP contribution in [0.4, 0.5) is 0 Å². The lowest BCUT2D eigenvalue weighted by molar-refractivity contribution is -0.118. The number of hydrogen-bond donors (Lipinski definition) is 0. The van der Waals surface area contributed by atoms with Gasteiger partial charge in [0.1, 0.15) is 11.6 Å². The Bertz CT molecular complexity index is 490. The molecule has 0 aliphatic carbocycles. The fourth-order valence-electron chi connectivity index (χ4n) is 1.65. The average molecular weight is 229 g/mol. The molecule has 2 heterocycles. The van der Waals surface area contributed by atoms with Crippen molar-refractivity contribution in [2.75, 3.05) is 0 Å². The first-order valence-electron chi connectivity index (χ1n) is 5.63. The van der Waals surface area contributed by atoms with Crippen LogP contribution < -0.4 is 0 Å². The summed E-state index contributed by atoms with van der Waals surface area (Å²) in [6, 6.07) is 5.75. The Kier molecular flexibility index (Phi) is 3.65. The molecule has 4 nitrogen and oxygen atoms in total. The van der Waals surface area contributed by atoms with Gasteiger partial charge in [-0.15, -0.1) is 0 Å². The van der Waals surface area contributed by atoms with Gasteiger partial charge >= 0.3 is 0 Å². The number of Topliss-reactive ketones (excluding diaryl/α,β-unsaturated/α-hetero) is 1. The van der Waals surface area contributed by atoms with Crippen molar-refractivity contribution in [2.24, 2.45) is 7.05 Å². The second-order valence-electron chi connectivity index (χ2n) is 3.99. The molecule has 0 radical (unpaired) electrons. The topological polar surface area (TPSA) is 47.8 Å².